The summed E-state index contributed by atoms with van der Waals surface area (Å²) >= 11 is 0. The van der Waals surface area contributed by atoms with E-state index in [9.17, 15) is 4.79 Å². The van der Waals surface area contributed by atoms with Crippen molar-refractivity contribution in [3.63, 3.8) is 0 Å². The molecule has 1 N–H and O–H groups in total. The van der Waals surface area contributed by atoms with Gasteiger partial charge in [0.2, 0.25) is 0 Å². The Kier molecular flexibility index (Phi) is 4.50. The van der Waals surface area contributed by atoms with Gasteiger partial charge in [-0.25, -0.2) is 9.78 Å². The Morgan fingerprint density at radius 3 is 2.85 bits per heavy atom. The molecule has 0 aromatic carbocycles. The fourth-order valence-corrected chi connectivity index (χ4v) is 2.11. The highest BCUT2D eigenvalue weighted by atomic mass is 16.1. The zero-order valence-corrected chi connectivity index (χ0v) is 12.2. The number of nitrogens with one attached hydrogen (secondary N) is 1. The first kappa shape index (κ1) is 14.2. The summed E-state index contributed by atoms with van der Waals surface area (Å²) in [5.41, 5.74) is 2.44. The van der Waals surface area contributed by atoms with Crippen LogP contribution in [0.5, 0.6) is 0 Å². The highest BCUT2D eigenvalue weighted by Gasteiger charge is 2.08. The number of aryl methyl sites for hydroxylation is 2. The summed E-state index contributed by atoms with van der Waals surface area (Å²) in [4.78, 5) is 20.3. The summed E-state index contributed by atoms with van der Waals surface area (Å²) in [6.45, 7) is 7.21. The van der Waals surface area contributed by atoms with Crippen molar-refractivity contribution in [3.05, 3.63) is 51.8 Å². The number of pyridine rings is 1. The van der Waals surface area contributed by atoms with E-state index in [2.05, 4.69) is 22.2 Å². The molecule has 0 aliphatic rings. The fraction of sp³-hybridized carbons (Fsp3) is 0.400. The normalized spacial score (nSPS) is 10.6. The second-order valence-corrected chi connectivity index (χ2v) is 4.85. The van der Waals surface area contributed by atoms with Gasteiger partial charge in [-0.05, 0) is 32.4 Å². The Morgan fingerprint density at radius 1 is 1.35 bits per heavy atom. The largest absolute Gasteiger partial charge is 0.370 e. The van der Waals surface area contributed by atoms with Gasteiger partial charge in [0.05, 0.1) is 6.54 Å². The third-order valence-electron chi connectivity index (χ3n) is 3.11. The van der Waals surface area contributed by atoms with Crippen molar-refractivity contribution in [2.24, 2.45) is 0 Å². The van der Waals surface area contributed by atoms with Crippen LogP contribution in [0.4, 0.5) is 5.82 Å². The number of aromatic nitrogens is 3. The molecule has 0 radical (unpaired) electrons. The van der Waals surface area contributed by atoms with Gasteiger partial charge in [0, 0.05) is 29.7 Å². The molecule has 0 bridgehead atoms. The average Bonchev–Trinajstić information content (AvgIpc) is 2.41. The van der Waals surface area contributed by atoms with Gasteiger partial charge in [0.25, 0.3) is 0 Å². The van der Waals surface area contributed by atoms with Crippen LogP contribution in [-0.4, -0.2) is 21.1 Å². The number of nitrogens with zero attached hydrogens (tertiary/aromatic N) is 3. The van der Waals surface area contributed by atoms with Crippen molar-refractivity contribution in [2.45, 2.75) is 33.7 Å². The molecule has 2 aromatic rings. The van der Waals surface area contributed by atoms with Crippen LogP contribution in [0, 0.1) is 13.8 Å². The van der Waals surface area contributed by atoms with Gasteiger partial charge in [-0.2, -0.15) is 4.98 Å². The van der Waals surface area contributed by atoms with E-state index in [1.54, 1.807) is 10.8 Å². The summed E-state index contributed by atoms with van der Waals surface area (Å²) < 4.78 is 1.67. The Bertz CT molecular complexity index is 649. The van der Waals surface area contributed by atoms with Gasteiger partial charge in [-0.3, -0.25) is 4.57 Å². The monoisotopic (exact) mass is 272 g/mol. The van der Waals surface area contributed by atoms with E-state index in [0.29, 0.717) is 6.54 Å². The number of hydrogen-bond donors (Lipinski definition) is 1. The molecule has 0 saturated carbocycles. The molecule has 0 amide bonds. The molecule has 0 fully saturated rings. The van der Waals surface area contributed by atoms with E-state index < -0.39 is 0 Å². The predicted molar refractivity (Wildman–Crippen MR) is 80.1 cm³/mol. The lowest BCUT2D eigenvalue weighted by Gasteiger charge is -2.13. The van der Waals surface area contributed by atoms with Gasteiger partial charge in [-0.1, -0.05) is 13.0 Å². The van der Waals surface area contributed by atoms with Gasteiger partial charge >= 0.3 is 5.69 Å². The van der Waals surface area contributed by atoms with Crippen LogP contribution in [0.2, 0.25) is 0 Å². The Labute approximate surface area is 118 Å². The van der Waals surface area contributed by atoms with Gasteiger partial charge in [0.1, 0.15) is 5.82 Å². The van der Waals surface area contributed by atoms with Gasteiger partial charge in [-0.15, -0.1) is 0 Å². The molecule has 0 atom stereocenters. The van der Waals surface area contributed by atoms with Crippen molar-refractivity contribution in [1.29, 1.82) is 0 Å². The molecule has 5 heteroatoms. The molecule has 2 aromatic heterocycles. The molecular weight excluding hydrogens is 252 g/mol. The van der Waals surface area contributed by atoms with E-state index in [1.807, 2.05) is 32.0 Å². The Balaban J connectivity index is 2.33. The Hall–Kier alpha value is -2.17. The summed E-state index contributed by atoms with van der Waals surface area (Å²) in [6, 6.07) is 5.78. The first-order chi connectivity index (χ1) is 9.61. The second-order valence-electron chi connectivity index (χ2n) is 4.85. The highest BCUT2D eigenvalue weighted by molar-refractivity contribution is 5.43. The third kappa shape index (κ3) is 3.23. The molecule has 20 heavy (non-hydrogen) atoms. The van der Waals surface area contributed by atoms with Crippen LogP contribution < -0.4 is 11.0 Å². The number of anilines is 1. The summed E-state index contributed by atoms with van der Waals surface area (Å²) in [5, 5.41) is 3.29. The molecule has 0 aliphatic carbocycles. The lowest BCUT2D eigenvalue weighted by atomic mass is 10.2. The van der Waals surface area contributed by atoms with Crippen molar-refractivity contribution >= 4 is 5.82 Å². The first-order valence-electron chi connectivity index (χ1n) is 6.84. The maximum absolute atomic E-state index is 12.0. The van der Waals surface area contributed by atoms with Gasteiger partial charge in [0.15, 0.2) is 0 Å². The Morgan fingerprint density at radius 2 is 2.15 bits per heavy atom. The molecule has 106 valence electrons. The lowest BCUT2D eigenvalue weighted by molar-refractivity contribution is 0.692. The van der Waals surface area contributed by atoms with Crippen molar-refractivity contribution in [3.8, 4) is 0 Å². The molecule has 2 rings (SSSR count). The number of rotatable bonds is 5. The minimum atomic E-state index is -0.215. The molecular formula is C15H20N4O. The highest BCUT2D eigenvalue weighted by Crippen LogP contribution is 2.13. The maximum atomic E-state index is 12.0. The van der Waals surface area contributed by atoms with Crippen LogP contribution in [0.25, 0.3) is 0 Å². The zero-order chi connectivity index (χ0) is 14.5. The molecule has 0 unspecified atom stereocenters. The predicted octanol–water partition coefficient (Wildman–Crippen LogP) is 2.13. The van der Waals surface area contributed by atoms with E-state index in [0.717, 1.165) is 35.7 Å². The summed E-state index contributed by atoms with van der Waals surface area (Å²) in [5.74, 6) is 0.834. The minimum Gasteiger partial charge on any atom is -0.370 e. The van der Waals surface area contributed by atoms with E-state index in [4.69, 9.17) is 0 Å². The standard InChI is InChI=1S/C15H20N4O/c1-4-7-16-14-13(6-5-8-17-14)10-19-12(3)9-11(2)18-15(19)20/h5-6,8-9H,4,7,10H2,1-3H3,(H,16,17). The molecule has 0 spiro atoms. The van der Waals surface area contributed by atoms with E-state index in [1.165, 1.54) is 0 Å². The SMILES string of the molecule is CCCNc1ncccc1Cn1c(C)cc(C)nc1=O. The maximum Gasteiger partial charge on any atom is 0.348 e. The molecule has 0 aliphatic heterocycles. The summed E-state index contributed by atoms with van der Waals surface area (Å²) in [6.07, 6.45) is 2.78. The van der Waals surface area contributed by atoms with Crippen molar-refractivity contribution < 1.29 is 0 Å². The van der Waals surface area contributed by atoms with Crippen LogP contribution >= 0.6 is 0 Å². The molecule has 5 nitrogen and oxygen atoms in total. The lowest BCUT2D eigenvalue weighted by Crippen LogP contribution is -2.26. The quantitative estimate of drug-likeness (QED) is 0.905. The first-order valence-corrected chi connectivity index (χ1v) is 6.84. The number of hydrogen-bond acceptors (Lipinski definition) is 4. The van der Waals surface area contributed by atoms with Gasteiger partial charge < -0.3 is 5.32 Å². The van der Waals surface area contributed by atoms with E-state index in [-0.39, 0.29) is 5.69 Å². The fourth-order valence-electron chi connectivity index (χ4n) is 2.11. The zero-order valence-electron chi connectivity index (χ0n) is 12.2. The van der Waals surface area contributed by atoms with Crippen LogP contribution in [0.3, 0.4) is 0 Å². The van der Waals surface area contributed by atoms with Crippen LogP contribution in [0.1, 0.15) is 30.3 Å². The van der Waals surface area contributed by atoms with Crippen LogP contribution in [-0.2, 0) is 6.54 Å². The molecule has 2 heterocycles. The smallest absolute Gasteiger partial charge is 0.348 e. The van der Waals surface area contributed by atoms with E-state index >= 15 is 0 Å². The third-order valence-corrected chi connectivity index (χ3v) is 3.11. The summed E-state index contributed by atoms with van der Waals surface area (Å²) in [7, 11) is 0. The van der Waals surface area contributed by atoms with Crippen molar-refractivity contribution in [2.75, 3.05) is 11.9 Å². The average molecular weight is 272 g/mol. The van der Waals surface area contributed by atoms with Crippen molar-refractivity contribution in [1.82, 2.24) is 14.5 Å². The molecule has 0 saturated heterocycles. The topological polar surface area (TPSA) is 59.8 Å². The van der Waals surface area contributed by atoms with Crippen LogP contribution in [0.15, 0.2) is 29.2 Å². The minimum absolute atomic E-state index is 0.215. The second kappa shape index (κ2) is 6.32.